The zero-order valence-electron chi connectivity index (χ0n) is 13.3. The van der Waals surface area contributed by atoms with E-state index in [0.29, 0.717) is 11.4 Å². The molecule has 0 saturated carbocycles. The fourth-order valence-corrected chi connectivity index (χ4v) is 2.56. The molecule has 1 N–H and O–H groups in total. The molecule has 1 aliphatic heterocycles. The highest BCUT2D eigenvalue weighted by molar-refractivity contribution is 5.92. The average molecular weight is 353 g/mol. The monoisotopic (exact) mass is 353 g/mol. The molecular formula is C15H14F3N5O2. The molecular weight excluding hydrogens is 339 g/mol. The van der Waals surface area contributed by atoms with E-state index >= 15 is 0 Å². The predicted molar refractivity (Wildman–Crippen MR) is 80.4 cm³/mol. The standard InChI is InChI=1S/C15H14F3N5O2/c1-3-25-12(24)10-8(2)20-14-21-13(15(16,17)18)22-23(14)11(10)9-6-4-5-7-19-9/h4-7,11H,3H2,1-2H3,(H,20,21,22)/t11-/m1/s1. The van der Waals surface area contributed by atoms with Gasteiger partial charge in [-0.05, 0) is 26.0 Å². The second-order valence-electron chi connectivity index (χ2n) is 5.24. The molecule has 0 bridgehead atoms. The second kappa shape index (κ2) is 6.19. The van der Waals surface area contributed by atoms with Crippen molar-refractivity contribution in [1.29, 1.82) is 0 Å². The molecule has 0 unspecified atom stereocenters. The molecule has 1 aliphatic rings. The molecule has 0 saturated heterocycles. The van der Waals surface area contributed by atoms with Crippen LogP contribution in [0.25, 0.3) is 0 Å². The summed E-state index contributed by atoms with van der Waals surface area (Å²) in [6, 6.07) is 3.96. The Bertz CT molecular complexity index is 829. The van der Waals surface area contributed by atoms with Crippen LogP contribution in [0, 0.1) is 0 Å². The molecule has 132 valence electrons. The molecule has 10 heteroatoms. The van der Waals surface area contributed by atoms with E-state index in [9.17, 15) is 18.0 Å². The van der Waals surface area contributed by atoms with E-state index in [1.54, 1.807) is 32.0 Å². The molecule has 0 aromatic carbocycles. The lowest BCUT2D eigenvalue weighted by atomic mass is 10.00. The highest BCUT2D eigenvalue weighted by atomic mass is 19.4. The van der Waals surface area contributed by atoms with Crippen LogP contribution >= 0.6 is 0 Å². The van der Waals surface area contributed by atoms with E-state index in [1.807, 2.05) is 0 Å². The Labute approximate surface area is 140 Å². The van der Waals surface area contributed by atoms with Gasteiger partial charge in [-0.15, -0.1) is 5.10 Å². The lowest BCUT2D eigenvalue weighted by molar-refractivity contribution is -0.145. The van der Waals surface area contributed by atoms with Crippen LogP contribution in [-0.2, 0) is 15.7 Å². The first-order valence-electron chi connectivity index (χ1n) is 7.42. The zero-order chi connectivity index (χ0) is 18.2. The molecule has 3 rings (SSSR count). The Hall–Kier alpha value is -2.91. The van der Waals surface area contributed by atoms with Gasteiger partial charge in [-0.2, -0.15) is 18.2 Å². The average Bonchev–Trinajstić information content (AvgIpc) is 2.98. The van der Waals surface area contributed by atoms with E-state index in [0.717, 1.165) is 4.68 Å². The third-order valence-corrected chi connectivity index (χ3v) is 3.57. The van der Waals surface area contributed by atoms with Crippen molar-refractivity contribution in [3.05, 3.63) is 47.2 Å². The van der Waals surface area contributed by atoms with Gasteiger partial charge < -0.3 is 10.1 Å². The minimum absolute atomic E-state index is 0.117. The quantitative estimate of drug-likeness (QED) is 0.854. The molecule has 1 atom stereocenters. The Morgan fingerprint density at radius 1 is 1.40 bits per heavy atom. The number of halogens is 3. The highest BCUT2D eigenvalue weighted by Crippen LogP contribution is 2.37. The fraction of sp³-hybridized carbons (Fsp3) is 0.333. The molecule has 2 aromatic rings. The summed E-state index contributed by atoms with van der Waals surface area (Å²) in [7, 11) is 0. The van der Waals surface area contributed by atoms with Gasteiger partial charge >= 0.3 is 12.1 Å². The molecule has 0 fully saturated rings. The van der Waals surface area contributed by atoms with Crippen molar-refractivity contribution in [2.45, 2.75) is 26.1 Å². The molecule has 0 aliphatic carbocycles. The molecule has 0 radical (unpaired) electrons. The van der Waals surface area contributed by atoms with Crippen LogP contribution in [-0.4, -0.2) is 32.3 Å². The van der Waals surface area contributed by atoms with Crippen molar-refractivity contribution in [2.75, 3.05) is 11.9 Å². The number of fused-ring (bicyclic) bond motifs is 1. The van der Waals surface area contributed by atoms with Crippen molar-refractivity contribution in [3.63, 3.8) is 0 Å². The third kappa shape index (κ3) is 3.06. The van der Waals surface area contributed by atoms with Crippen LogP contribution in [0.4, 0.5) is 19.1 Å². The number of ether oxygens (including phenoxy) is 1. The number of aromatic nitrogens is 4. The van der Waals surface area contributed by atoms with E-state index in [2.05, 4.69) is 20.4 Å². The van der Waals surface area contributed by atoms with Crippen LogP contribution in [0.3, 0.4) is 0 Å². The Morgan fingerprint density at radius 3 is 2.76 bits per heavy atom. The number of nitrogens with one attached hydrogen (secondary N) is 1. The van der Waals surface area contributed by atoms with Gasteiger partial charge in [0.25, 0.3) is 5.82 Å². The normalized spacial score (nSPS) is 17.1. The molecule has 2 aromatic heterocycles. The lowest BCUT2D eigenvalue weighted by Gasteiger charge is -2.27. The number of esters is 1. The third-order valence-electron chi connectivity index (χ3n) is 3.57. The Morgan fingerprint density at radius 2 is 2.16 bits per heavy atom. The number of carbonyl (C=O) groups is 1. The fourth-order valence-electron chi connectivity index (χ4n) is 2.56. The van der Waals surface area contributed by atoms with Crippen molar-refractivity contribution in [3.8, 4) is 0 Å². The van der Waals surface area contributed by atoms with Crippen molar-refractivity contribution in [1.82, 2.24) is 19.7 Å². The number of allylic oxidation sites excluding steroid dienone is 1. The van der Waals surface area contributed by atoms with Gasteiger partial charge in [-0.25, -0.2) is 9.48 Å². The number of nitrogens with zero attached hydrogens (tertiary/aromatic N) is 4. The SMILES string of the molecule is CCOC(=O)C1=C(C)Nc2nc(C(F)(F)F)nn2[C@@H]1c1ccccn1. The number of alkyl halides is 3. The number of rotatable bonds is 3. The maximum Gasteiger partial charge on any atom is 0.453 e. The van der Waals surface area contributed by atoms with E-state index in [4.69, 9.17) is 4.74 Å². The van der Waals surface area contributed by atoms with Crippen molar-refractivity contribution in [2.24, 2.45) is 0 Å². The summed E-state index contributed by atoms with van der Waals surface area (Å²) in [6.07, 6.45) is -3.23. The molecule has 25 heavy (non-hydrogen) atoms. The first-order chi connectivity index (χ1) is 11.8. The van der Waals surface area contributed by atoms with Gasteiger partial charge in [0.15, 0.2) is 0 Å². The molecule has 0 amide bonds. The largest absolute Gasteiger partial charge is 0.463 e. The number of pyridine rings is 1. The van der Waals surface area contributed by atoms with Gasteiger partial charge in [0, 0.05) is 11.9 Å². The highest BCUT2D eigenvalue weighted by Gasteiger charge is 2.41. The zero-order valence-corrected chi connectivity index (χ0v) is 13.3. The molecule has 0 spiro atoms. The molecule has 3 heterocycles. The number of hydrogen-bond donors (Lipinski definition) is 1. The van der Waals surface area contributed by atoms with Gasteiger partial charge in [0.1, 0.15) is 6.04 Å². The maximum atomic E-state index is 13.0. The van der Waals surface area contributed by atoms with Crippen LogP contribution < -0.4 is 5.32 Å². The van der Waals surface area contributed by atoms with Crippen LogP contribution in [0.2, 0.25) is 0 Å². The summed E-state index contributed by atoms with van der Waals surface area (Å²) >= 11 is 0. The number of carbonyl (C=O) groups excluding carboxylic acids is 1. The summed E-state index contributed by atoms with van der Waals surface area (Å²) in [5.74, 6) is -2.07. The lowest BCUT2D eigenvalue weighted by Crippen LogP contribution is -2.30. The summed E-state index contributed by atoms with van der Waals surface area (Å²) in [4.78, 5) is 20.0. The van der Waals surface area contributed by atoms with E-state index in [1.165, 1.54) is 6.20 Å². The first kappa shape index (κ1) is 16.9. The van der Waals surface area contributed by atoms with Crippen LogP contribution in [0.15, 0.2) is 35.7 Å². The van der Waals surface area contributed by atoms with Gasteiger partial charge in [0.05, 0.1) is 17.9 Å². The summed E-state index contributed by atoms with van der Waals surface area (Å²) in [6.45, 7) is 3.33. The summed E-state index contributed by atoms with van der Waals surface area (Å²) in [5, 5.41) is 6.23. The van der Waals surface area contributed by atoms with Gasteiger partial charge in [-0.3, -0.25) is 4.98 Å². The number of hydrogen-bond acceptors (Lipinski definition) is 6. The van der Waals surface area contributed by atoms with Gasteiger partial charge in [0.2, 0.25) is 5.95 Å². The van der Waals surface area contributed by atoms with Crippen LogP contribution in [0.1, 0.15) is 31.4 Å². The summed E-state index contributed by atoms with van der Waals surface area (Å²) in [5.41, 5.74) is 0.820. The van der Waals surface area contributed by atoms with Crippen molar-refractivity contribution >= 4 is 11.9 Å². The second-order valence-corrected chi connectivity index (χ2v) is 5.24. The van der Waals surface area contributed by atoms with E-state index < -0.39 is 24.0 Å². The van der Waals surface area contributed by atoms with E-state index in [-0.39, 0.29) is 18.1 Å². The Kier molecular flexibility index (Phi) is 4.19. The van der Waals surface area contributed by atoms with Gasteiger partial charge in [-0.1, -0.05) is 6.07 Å². The van der Waals surface area contributed by atoms with Crippen molar-refractivity contribution < 1.29 is 22.7 Å². The number of anilines is 1. The van der Waals surface area contributed by atoms with Crippen LogP contribution in [0.5, 0.6) is 0 Å². The first-order valence-corrected chi connectivity index (χ1v) is 7.42. The maximum absolute atomic E-state index is 13.0. The molecule has 7 nitrogen and oxygen atoms in total. The Balaban J connectivity index is 2.17. The smallest absolute Gasteiger partial charge is 0.453 e. The minimum atomic E-state index is -4.71. The predicted octanol–water partition coefficient (Wildman–Crippen LogP) is 2.54. The topological polar surface area (TPSA) is 81.9 Å². The summed E-state index contributed by atoms with van der Waals surface area (Å²) < 4.78 is 45.0. The minimum Gasteiger partial charge on any atom is -0.463 e.